The smallest absolute Gasteiger partial charge is 0.203 e. The largest absolute Gasteiger partial charge is 0.269 e. The highest BCUT2D eigenvalue weighted by Crippen LogP contribution is 2.27. The van der Waals surface area contributed by atoms with E-state index in [1.165, 1.54) is 0 Å². The zero-order valence-corrected chi connectivity index (χ0v) is 7.16. The maximum Gasteiger partial charge on any atom is 0.269 e. The number of rotatable bonds is 0. The lowest BCUT2D eigenvalue weighted by atomic mass is 10.2. The van der Waals surface area contributed by atoms with Crippen molar-refractivity contribution in [1.29, 1.82) is 0 Å². The first-order chi connectivity index (χ1) is 7.45. The van der Waals surface area contributed by atoms with Crippen LogP contribution in [0.15, 0.2) is 0 Å². The molecule has 2 aromatic rings. The Balaban J connectivity index is 3.09. The van der Waals surface area contributed by atoms with E-state index in [4.69, 9.17) is 0 Å². The summed E-state index contributed by atoms with van der Waals surface area (Å²) in [5, 5.41) is 3.80. The highest BCUT2D eigenvalue weighted by Gasteiger charge is 2.25. The Labute approximate surface area is 83.5 Å². The molecule has 0 aliphatic heterocycles. The van der Waals surface area contributed by atoms with Crippen molar-refractivity contribution in [2.45, 2.75) is 0 Å². The molecule has 1 aromatic heterocycles. The minimum atomic E-state index is -2.24. The van der Waals surface area contributed by atoms with Gasteiger partial charge in [0.15, 0.2) is 29.1 Å². The first-order valence-electron chi connectivity index (χ1n) is 3.78. The van der Waals surface area contributed by atoms with Crippen molar-refractivity contribution in [3.8, 4) is 0 Å². The van der Waals surface area contributed by atoms with Crippen LogP contribution in [-0.2, 0) is 0 Å². The lowest BCUT2D eigenvalue weighted by molar-refractivity contribution is 0.409. The lowest BCUT2D eigenvalue weighted by Crippen LogP contribution is -2.05. The Morgan fingerprint density at radius 1 is 0.562 bits per heavy atom. The molecule has 1 heterocycles. The van der Waals surface area contributed by atoms with Crippen molar-refractivity contribution in [3.05, 3.63) is 35.0 Å². The Hall–Kier alpha value is -1.86. The van der Waals surface area contributed by atoms with Crippen molar-refractivity contribution >= 4 is 10.9 Å². The minimum absolute atomic E-state index is 1.21. The summed E-state index contributed by atoms with van der Waals surface area (Å²) in [5.41, 5.74) is -1.21. The second-order valence-corrected chi connectivity index (χ2v) is 2.78. The molecule has 0 aliphatic carbocycles. The molecule has 0 fully saturated rings. The fourth-order valence-corrected chi connectivity index (χ4v) is 1.16. The number of nitrogens with zero attached hydrogens (tertiary/aromatic N) is 2. The molecule has 0 N–H and O–H groups in total. The predicted octanol–water partition coefficient (Wildman–Crippen LogP) is 2.46. The summed E-state index contributed by atoms with van der Waals surface area (Å²) in [7, 11) is 0. The van der Waals surface area contributed by atoms with E-state index in [1.54, 1.807) is 0 Å². The molecule has 2 rings (SSSR count). The van der Waals surface area contributed by atoms with Crippen molar-refractivity contribution in [3.63, 3.8) is 0 Å². The van der Waals surface area contributed by atoms with E-state index >= 15 is 0 Å². The molecule has 0 unspecified atom stereocenters. The third-order valence-electron chi connectivity index (χ3n) is 1.88. The first-order valence-corrected chi connectivity index (χ1v) is 3.78. The number of hydrogen-bond donors (Lipinski definition) is 0. The van der Waals surface area contributed by atoms with Gasteiger partial charge in [-0.2, -0.15) is 4.39 Å². The zero-order valence-electron chi connectivity index (χ0n) is 7.16. The van der Waals surface area contributed by atoms with Crippen molar-refractivity contribution < 1.29 is 26.3 Å². The van der Waals surface area contributed by atoms with E-state index in [0.29, 0.717) is 0 Å². The SMILES string of the molecule is Fc1nnc2c(F)c(F)c(F)c(F)c2c1F. The summed E-state index contributed by atoms with van der Waals surface area (Å²) in [6.45, 7) is 0. The van der Waals surface area contributed by atoms with Gasteiger partial charge in [-0.25, -0.2) is 22.0 Å². The molecule has 0 saturated heterocycles. The quantitative estimate of drug-likeness (QED) is 0.400. The van der Waals surface area contributed by atoms with Gasteiger partial charge in [0.1, 0.15) is 5.52 Å². The minimum Gasteiger partial charge on any atom is -0.203 e. The molecule has 0 spiro atoms. The van der Waals surface area contributed by atoms with Crippen LogP contribution in [0.3, 0.4) is 0 Å². The number of aromatic nitrogens is 2. The van der Waals surface area contributed by atoms with Gasteiger partial charge in [0, 0.05) is 0 Å². The second kappa shape index (κ2) is 3.32. The topological polar surface area (TPSA) is 25.8 Å². The van der Waals surface area contributed by atoms with Gasteiger partial charge in [-0.15, -0.1) is 10.2 Å². The summed E-state index contributed by atoms with van der Waals surface area (Å²) in [6.07, 6.45) is 0. The third-order valence-corrected chi connectivity index (χ3v) is 1.88. The Morgan fingerprint density at radius 3 is 1.75 bits per heavy atom. The van der Waals surface area contributed by atoms with E-state index < -0.39 is 45.9 Å². The average molecular weight is 238 g/mol. The van der Waals surface area contributed by atoms with Crippen molar-refractivity contribution in [2.24, 2.45) is 0 Å². The summed E-state index contributed by atoms with van der Waals surface area (Å²) in [6, 6.07) is 0. The molecule has 0 bridgehead atoms. The van der Waals surface area contributed by atoms with Gasteiger partial charge in [0.25, 0.3) is 5.95 Å². The molecule has 2 nitrogen and oxygen atoms in total. The standard InChI is InChI=1S/C8F6N2/c9-2-1-3(10)8(14)16-15-7(1)6(13)5(12)4(2)11. The molecule has 0 radical (unpaired) electrons. The van der Waals surface area contributed by atoms with E-state index in [0.717, 1.165) is 0 Å². The molecule has 16 heavy (non-hydrogen) atoms. The fourth-order valence-electron chi connectivity index (χ4n) is 1.16. The van der Waals surface area contributed by atoms with Crippen LogP contribution in [0.5, 0.6) is 0 Å². The maximum atomic E-state index is 13.0. The van der Waals surface area contributed by atoms with Crippen LogP contribution in [-0.4, -0.2) is 10.2 Å². The van der Waals surface area contributed by atoms with Gasteiger partial charge in [-0.1, -0.05) is 0 Å². The van der Waals surface area contributed by atoms with E-state index in [1.807, 2.05) is 0 Å². The van der Waals surface area contributed by atoms with Crippen molar-refractivity contribution in [2.75, 3.05) is 0 Å². The summed E-state index contributed by atoms with van der Waals surface area (Å²) >= 11 is 0. The van der Waals surface area contributed by atoms with Gasteiger partial charge < -0.3 is 0 Å². The molecule has 8 heteroatoms. The van der Waals surface area contributed by atoms with Crippen LogP contribution in [0.1, 0.15) is 0 Å². The van der Waals surface area contributed by atoms with Gasteiger partial charge in [-0.3, -0.25) is 0 Å². The normalized spacial score (nSPS) is 11.1. The van der Waals surface area contributed by atoms with Gasteiger partial charge in [-0.05, 0) is 0 Å². The van der Waals surface area contributed by atoms with Crippen LogP contribution in [0.4, 0.5) is 26.3 Å². The highest BCUT2D eigenvalue weighted by atomic mass is 19.2. The van der Waals surface area contributed by atoms with Crippen LogP contribution in [0.25, 0.3) is 10.9 Å². The second-order valence-electron chi connectivity index (χ2n) is 2.78. The molecule has 0 amide bonds. The molecule has 84 valence electrons. The maximum absolute atomic E-state index is 13.0. The summed E-state index contributed by atoms with van der Waals surface area (Å²) < 4.78 is 76.9. The molecular formula is C8F6N2. The number of benzene rings is 1. The third kappa shape index (κ3) is 1.22. The number of fused-ring (bicyclic) bond motifs is 1. The van der Waals surface area contributed by atoms with Crippen LogP contribution >= 0.6 is 0 Å². The molecular weight excluding hydrogens is 238 g/mol. The molecule has 0 aliphatic rings. The zero-order chi connectivity index (χ0) is 12.0. The summed E-state index contributed by atoms with van der Waals surface area (Å²) in [5.74, 6) is -12.2. The van der Waals surface area contributed by atoms with Gasteiger partial charge in [0.05, 0.1) is 5.39 Å². The van der Waals surface area contributed by atoms with Crippen LogP contribution < -0.4 is 0 Å². The summed E-state index contributed by atoms with van der Waals surface area (Å²) in [4.78, 5) is 0. The Morgan fingerprint density at radius 2 is 1.12 bits per heavy atom. The van der Waals surface area contributed by atoms with Gasteiger partial charge >= 0.3 is 0 Å². The number of halogens is 6. The fraction of sp³-hybridized carbons (Fsp3) is 0. The predicted molar refractivity (Wildman–Crippen MR) is 39.3 cm³/mol. The average Bonchev–Trinajstić information content (AvgIpc) is 2.27. The van der Waals surface area contributed by atoms with Crippen molar-refractivity contribution in [1.82, 2.24) is 10.2 Å². The van der Waals surface area contributed by atoms with E-state index in [-0.39, 0.29) is 0 Å². The Bertz CT molecular complexity index is 597. The monoisotopic (exact) mass is 238 g/mol. The van der Waals surface area contributed by atoms with E-state index in [9.17, 15) is 26.3 Å². The van der Waals surface area contributed by atoms with Crippen LogP contribution in [0.2, 0.25) is 0 Å². The van der Waals surface area contributed by atoms with Gasteiger partial charge in [0.2, 0.25) is 0 Å². The van der Waals surface area contributed by atoms with Crippen LogP contribution in [0, 0.1) is 35.0 Å². The first kappa shape index (κ1) is 10.7. The van der Waals surface area contributed by atoms with E-state index in [2.05, 4.69) is 10.2 Å². The molecule has 0 saturated carbocycles. The Kier molecular flexibility index (Phi) is 2.21. The highest BCUT2D eigenvalue weighted by molar-refractivity contribution is 5.80. The lowest BCUT2D eigenvalue weighted by Gasteiger charge is -2.03. The molecule has 0 atom stereocenters. The number of hydrogen-bond acceptors (Lipinski definition) is 2. The molecule has 1 aromatic carbocycles.